The highest BCUT2D eigenvalue weighted by molar-refractivity contribution is 7.11. The summed E-state index contributed by atoms with van der Waals surface area (Å²) in [5.41, 5.74) is 0.504. The van der Waals surface area contributed by atoms with Crippen LogP contribution in [0, 0.1) is 5.82 Å². The van der Waals surface area contributed by atoms with E-state index < -0.39 is 22.7 Å². The van der Waals surface area contributed by atoms with Gasteiger partial charge in [-0.15, -0.1) is 22.9 Å². The number of carbonyl (C=O) groups excluding carboxylic acids is 3. The molecule has 0 radical (unpaired) electrons. The number of Topliss-reactive ketones (excluding diaryl/α,β-unsaturated/α-hetero) is 1. The molecule has 3 heterocycles. The lowest BCUT2D eigenvalue weighted by Gasteiger charge is -2.39. The van der Waals surface area contributed by atoms with Crippen LogP contribution in [-0.2, 0) is 22.4 Å². The molecule has 1 saturated heterocycles. The number of likely N-dealkylation sites (tertiary alicyclic amines) is 1. The summed E-state index contributed by atoms with van der Waals surface area (Å²) in [4.78, 5) is 46.0. The summed E-state index contributed by atoms with van der Waals surface area (Å²) in [6.45, 7) is 0.640. The first-order valence-corrected chi connectivity index (χ1v) is 12.2. The Morgan fingerprint density at radius 1 is 1.24 bits per heavy atom. The molecule has 0 saturated carbocycles. The number of piperidine rings is 1. The third-order valence-corrected chi connectivity index (χ3v) is 7.58. The SMILES string of the molecule is CN(C)C(=O)C(=O)c1csc2c1N=C(C(=O)N1CCC(O)(Cc3ccc(F)cc3)CC1)C(Cl)C2. The van der Waals surface area contributed by atoms with Crippen LogP contribution < -0.4 is 0 Å². The molecule has 1 unspecified atom stereocenters. The lowest BCUT2D eigenvalue weighted by molar-refractivity contribution is -0.128. The van der Waals surface area contributed by atoms with Gasteiger partial charge in [0.1, 0.15) is 11.5 Å². The summed E-state index contributed by atoms with van der Waals surface area (Å²) in [5, 5.41) is 11.9. The Labute approximate surface area is 205 Å². The van der Waals surface area contributed by atoms with Crippen LogP contribution in [0.4, 0.5) is 10.1 Å². The highest BCUT2D eigenvalue weighted by Crippen LogP contribution is 2.38. The van der Waals surface area contributed by atoms with Gasteiger partial charge in [-0.05, 0) is 30.5 Å². The Morgan fingerprint density at radius 2 is 1.88 bits per heavy atom. The Bertz CT molecular complexity index is 1150. The van der Waals surface area contributed by atoms with Crippen molar-refractivity contribution in [3.05, 3.63) is 51.5 Å². The normalized spacial score (nSPS) is 19.3. The van der Waals surface area contributed by atoms with Crippen LogP contribution in [0.25, 0.3) is 0 Å². The summed E-state index contributed by atoms with van der Waals surface area (Å²) < 4.78 is 13.2. The summed E-state index contributed by atoms with van der Waals surface area (Å²) >= 11 is 7.79. The second kappa shape index (κ2) is 9.56. The largest absolute Gasteiger partial charge is 0.389 e. The van der Waals surface area contributed by atoms with Crippen molar-refractivity contribution in [2.75, 3.05) is 27.2 Å². The third kappa shape index (κ3) is 4.92. The van der Waals surface area contributed by atoms with Gasteiger partial charge in [-0.3, -0.25) is 14.4 Å². The molecule has 10 heteroatoms. The van der Waals surface area contributed by atoms with Gasteiger partial charge in [-0.1, -0.05) is 12.1 Å². The van der Waals surface area contributed by atoms with Crippen LogP contribution in [0.3, 0.4) is 0 Å². The number of alkyl halides is 1. The van der Waals surface area contributed by atoms with E-state index in [2.05, 4.69) is 4.99 Å². The molecule has 180 valence electrons. The number of aliphatic hydroxyl groups is 1. The van der Waals surface area contributed by atoms with Gasteiger partial charge in [0.2, 0.25) is 0 Å². The third-order valence-electron chi connectivity index (χ3n) is 6.22. The topological polar surface area (TPSA) is 90.3 Å². The van der Waals surface area contributed by atoms with Crippen molar-refractivity contribution >= 4 is 51.9 Å². The van der Waals surface area contributed by atoms with E-state index in [4.69, 9.17) is 11.6 Å². The van der Waals surface area contributed by atoms with Crippen LogP contribution in [0.15, 0.2) is 34.6 Å². The smallest absolute Gasteiger partial charge is 0.294 e. The maximum Gasteiger partial charge on any atom is 0.294 e. The van der Waals surface area contributed by atoms with Gasteiger partial charge >= 0.3 is 0 Å². The zero-order valence-corrected chi connectivity index (χ0v) is 20.5. The number of likely N-dealkylation sites (N-methyl/N-ethyl adjacent to an activating group) is 1. The van der Waals surface area contributed by atoms with Crippen molar-refractivity contribution in [3.63, 3.8) is 0 Å². The summed E-state index contributed by atoms with van der Waals surface area (Å²) in [7, 11) is 3.00. The second-order valence-corrected chi connectivity index (χ2v) is 10.4. The fraction of sp³-hybridized carbons (Fsp3) is 0.417. The average Bonchev–Trinajstić information content (AvgIpc) is 3.21. The summed E-state index contributed by atoms with van der Waals surface area (Å²) in [6.07, 6.45) is 1.44. The first-order chi connectivity index (χ1) is 16.1. The van der Waals surface area contributed by atoms with Gasteiger partial charge in [0.05, 0.1) is 22.2 Å². The van der Waals surface area contributed by atoms with E-state index >= 15 is 0 Å². The van der Waals surface area contributed by atoms with Crippen LogP contribution >= 0.6 is 22.9 Å². The molecule has 2 amide bonds. The molecule has 1 aromatic carbocycles. The molecule has 34 heavy (non-hydrogen) atoms. The van der Waals surface area contributed by atoms with E-state index in [-0.39, 0.29) is 23.0 Å². The van der Waals surface area contributed by atoms with E-state index in [1.54, 1.807) is 22.4 Å². The van der Waals surface area contributed by atoms with E-state index in [0.29, 0.717) is 44.5 Å². The second-order valence-electron chi connectivity index (χ2n) is 8.94. The van der Waals surface area contributed by atoms with Gasteiger partial charge in [-0.25, -0.2) is 9.38 Å². The van der Waals surface area contributed by atoms with E-state index in [0.717, 1.165) is 10.4 Å². The molecule has 7 nitrogen and oxygen atoms in total. The van der Waals surface area contributed by atoms with Gasteiger partial charge in [0, 0.05) is 50.3 Å². The number of hydrogen-bond acceptors (Lipinski definition) is 6. The minimum atomic E-state index is -0.990. The highest BCUT2D eigenvalue weighted by Gasteiger charge is 2.38. The summed E-state index contributed by atoms with van der Waals surface area (Å²) in [5.74, 6) is -1.99. The Kier molecular flexibility index (Phi) is 6.89. The standard InChI is InChI=1S/C24H25ClFN3O4S/c1-28(2)23(32)21(30)16-13-34-18-11-17(25)20(27-19(16)18)22(31)29-9-7-24(33,8-10-29)12-14-3-5-15(26)6-4-14/h3-6,13,17,33H,7-12H2,1-2H3. The van der Waals surface area contributed by atoms with E-state index in [9.17, 15) is 23.9 Å². The predicted octanol–water partition coefficient (Wildman–Crippen LogP) is 2.99. The lowest BCUT2D eigenvalue weighted by Crippen LogP contribution is -2.51. The maximum atomic E-state index is 13.3. The molecule has 1 fully saturated rings. The number of amides is 2. The Morgan fingerprint density at radius 3 is 2.50 bits per heavy atom. The Hall–Kier alpha value is -2.62. The fourth-order valence-corrected chi connectivity index (χ4v) is 5.61. The number of halogens is 2. The molecule has 2 aliphatic rings. The highest BCUT2D eigenvalue weighted by atomic mass is 35.5. The van der Waals surface area contributed by atoms with Crippen LogP contribution in [0.1, 0.15) is 33.6 Å². The van der Waals surface area contributed by atoms with Crippen molar-refractivity contribution in [3.8, 4) is 0 Å². The van der Waals surface area contributed by atoms with Crippen molar-refractivity contribution in [2.45, 2.75) is 36.7 Å². The van der Waals surface area contributed by atoms with Crippen molar-refractivity contribution < 1.29 is 23.9 Å². The lowest BCUT2D eigenvalue weighted by atomic mass is 9.85. The van der Waals surface area contributed by atoms with E-state index in [1.165, 1.54) is 42.5 Å². The number of rotatable bonds is 5. The molecular formula is C24H25ClFN3O4S. The number of thiophene rings is 1. The number of hydrogen-bond donors (Lipinski definition) is 1. The average molecular weight is 506 g/mol. The molecular weight excluding hydrogens is 481 g/mol. The monoisotopic (exact) mass is 505 g/mol. The van der Waals surface area contributed by atoms with E-state index in [1.807, 2.05) is 0 Å². The first kappa shape index (κ1) is 24.5. The van der Waals surface area contributed by atoms with Crippen LogP contribution in [0.2, 0.25) is 0 Å². The molecule has 0 spiro atoms. The van der Waals surface area contributed by atoms with Crippen molar-refractivity contribution in [1.82, 2.24) is 9.80 Å². The van der Waals surface area contributed by atoms with Gasteiger partial charge in [0.25, 0.3) is 17.6 Å². The molecule has 1 N–H and O–H groups in total. The molecule has 0 aliphatic carbocycles. The molecule has 1 aromatic heterocycles. The summed E-state index contributed by atoms with van der Waals surface area (Å²) in [6, 6.07) is 6.03. The zero-order valence-electron chi connectivity index (χ0n) is 18.9. The van der Waals surface area contributed by atoms with Gasteiger partial charge in [-0.2, -0.15) is 0 Å². The number of ketones is 1. The molecule has 2 aromatic rings. The number of nitrogens with zero attached hydrogens (tertiary/aromatic N) is 3. The fourth-order valence-electron chi connectivity index (χ4n) is 4.22. The van der Waals surface area contributed by atoms with Crippen LogP contribution in [-0.4, -0.2) is 76.4 Å². The number of carbonyl (C=O) groups is 3. The number of fused-ring (bicyclic) bond motifs is 1. The van der Waals surface area contributed by atoms with Gasteiger partial charge < -0.3 is 14.9 Å². The molecule has 0 bridgehead atoms. The molecule has 1 atom stereocenters. The van der Waals surface area contributed by atoms with Gasteiger partial charge in [0.15, 0.2) is 0 Å². The zero-order chi connectivity index (χ0) is 24.6. The van der Waals surface area contributed by atoms with Crippen molar-refractivity contribution in [2.24, 2.45) is 4.99 Å². The predicted molar refractivity (Wildman–Crippen MR) is 129 cm³/mol. The number of benzene rings is 1. The quantitative estimate of drug-likeness (QED) is 0.384. The minimum absolute atomic E-state index is 0.142. The van der Waals surface area contributed by atoms with Crippen molar-refractivity contribution in [1.29, 1.82) is 0 Å². The number of aliphatic imine (C=N–C) groups is 1. The molecule has 2 aliphatic heterocycles. The molecule has 4 rings (SSSR count). The maximum absolute atomic E-state index is 13.3. The Balaban J connectivity index is 1.48. The minimum Gasteiger partial charge on any atom is -0.389 e. The first-order valence-electron chi connectivity index (χ1n) is 10.9. The van der Waals surface area contributed by atoms with Crippen LogP contribution in [0.5, 0.6) is 0 Å².